The molecule has 2 aromatic carbocycles. The van der Waals surface area contributed by atoms with Gasteiger partial charge in [-0.3, -0.25) is 0 Å². The number of rotatable bonds is 9. The number of hydrogen-bond donors (Lipinski definition) is 0. The van der Waals surface area contributed by atoms with Crippen LogP contribution in [0, 0.1) is 12.7 Å². The number of halogens is 3. The van der Waals surface area contributed by atoms with Crippen molar-refractivity contribution in [3.63, 3.8) is 0 Å². The molecule has 0 bridgehead atoms. The number of hydrogen-bond acceptors (Lipinski definition) is 3. The van der Waals surface area contributed by atoms with Gasteiger partial charge in [-0.25, -0.2) is 13.2 Å². The minimum Gasteiger partial charge on any atom is -0.493 e. The predicted molar refractivity (Wildman–Crippen MR) is 109 cm³/mol. The minimum atomic E-state index is -2.95. The average Bonchev–Trinajstić information content (AvgIpc) is 2.74. The normalized spacial score (nSPS) is 19.3. The molecular weight excluding hydrogens is 393 g/mol. The van der Waals surface area contributed by atoms with Gasteiger partial charge in [0, 0.05) is 5.56 Å². The maximum absolute atomic E-state index is 14.7. The molecule has 30 heavy (non-hydrogen) atoms. The summed E-state index contributed by atoms with van der Waals surface area (Å²) in [5, 5.41) is 0. The van der Waals surface area contributed by atoms with Crippen molar-refractivity contribution in [2.75, 3.05) is 13.2 Å². The zero-order valence-corrected chi connectivity index (χ0v) is 17.5. The van der Waals surface area contributed by atoms with E-state index in [2.05, 4.69) is 24.3 Å². The lowest BCUT2D eigenvalue weighted by atomic mass is 9.99. The molecule has 1 aliphatic heterocycles. The van der Waals surface area contributed by atoms with Gasteiger partial charge in [-0.05, 0) is 37.8 Å². The summed E-state index contributed by atoms with van der Waals surface area (Å²) in [5.41, 5.74) is 1.74. The second-order valence-electron chi connectivity index (χ2n) is 7.70. The fraction of sp³-hybridized carbons (Fsp3) is 0.500. The van der Waals surface area contributed by atoms with Crippen LogP contribution in [0.3, 0.4) is 0 Å². The largest absolute Gasteiger partial charge is 0.493 e. The molecule has 0 amide bonds. The van der Waals surface area contributed by atoms with Crippen LogP contribution in [0.15, 0.2) is 36.4 Å². The van der Waals surface area contributed by atoms with Crippen molar-refractivity contribution in [1.29, 1.82) is 0 Å². The summed E-state index contributed by atoms with van der Waals surface area (Å²) in [6.45, 7) is 4.60. The Morgan fingerprint density at radius 2 is 1.87 bits per heavy atom. The molecule has 2 aromatic rings. The molecule has 3 rings (SSSR count). The molecule has 1 saturated heterocycles. The maximum Gasteiger partial charge on any atom is 0.270 e. The van der Waals surface area contributed by atoms with E-state index in [0.29, 0.717) is 6.61 Å². The first-order valence-electron chi connectivity index (χ1n) is 10.5. The molecule has 1 aliphatic rings. The number of unbranched alkanes of at least 4 members (excludes halogenated alkanes) is 1. The summed E-state index contributed by atoms with van der Waals surface area (Å²) >= 11 is 0. The van der Waals surface area contributed by atoms with Gasteiger partial charge < -0.3 is 14.2 Å². The number of alkyl halides is 2. The summed E-state index contributed by atoms with van der Waals surface area (Å²) in [7, 11) is 0. The molecule has 1 heterocycles. The lowest BCUT2D eigenvalue weighted by molar-refractivity contribution is -0.0925. The van der Waals surface area contributed by atoms with Crippen molar-refractivity contribution < 1.29 is 27.4 Å². The summed E-state index contributed by atoms with van der Waals surface area (Å²) in [4.78, 5) is 0. The van der Waals surface area contributed by atoms with Gasteiger partial charge in [0.25, 0.3) is 6.43 Å². The Morgan fingerprint density at radius 1 is 1.10 bits per heavy atom. The van der Waals surface area contributed by atoms with Crippen LogP contribution in [-0.2, 0) is 16.1 Å². The average molecular weight is 422 g/mol. The van der Waals surface area contributed by atoms with Gasteiger partial charge >= 0.3 is 0 Å². The van der Waals surface area contributed by atoms with Gasteiger partial charge in [0.05, 0.1) is 37.6 Å². The molecule has 2 atom stereocenters. The summed E-state index contributed by atoms with van der Waals surface area (Å²) in [5.74, 6) is -1.05. The lowest BCUT2D eigenvalue weighted by Gasteiger charge is -2.29. The lowest BCUT2D eigenvalue weighted by Crippen LogP contribution is -2.27. The van der Waals surface area contributed by atoms with Crippen LogP contribution in [0.5, 0.6) is 5.75 Å². The third-order valence-corrected chi connectivity index (χ3v) is 5.35. The first-order valence-corrected chi connectivity index (χ1v) is 10.5. The fourth-order valence-corrected chi connectivity index (χ4v) is 3.50. The first kappa shape index (κ1) is 22.6. The van der Waals surface area contributed by atoms with E-state index in [-0.39, 0.29) is 36.7 Å². The topological polar surface area (TPSA) is 27.7 Å². The highest BCUT2D eigenvalue weighted by Gasteiger charge is 2.26. The Hall–Kier alpha value is -2.05. The van der Waals surface area contributed by atoms with E-state index in [1.807, 2.05) is 13.8 Å². The van der Waals surface area contributed by atoms with Crippen LogP contribution in [-0.4, -0.2) is 19.3 Å². The van der Waals surface area contributed by atoms with Crippen LogP contribution in [0.2, 0.25) is 0 Å². The Kier molecular flexibility index (Phi) is 8.16. The molecule has 2 unspecified atom stereocenters. The highest BCUT2D eigenvalue weighted by molar-refractivity contribution is 5.39. The van der Waals surface area contributed by atoms with E-state index >= 15 is 0 Å². The summed E-state index contributed by atoms with van der Waals surface area (Å²) in [6, 6.07) is 11.1. The molecule has 0 radical (unpaired) electrons. The minimum absolute atomic E-state index is 0.0205. The second-order valence-corrected chi connectivity index (χ2v) is 7.70. The molecule has 1 fully saturated rings. The van der Waals surface area contributed by atoms with Gasteiger partial charge in [0.2, 0.25) is 0 Å². The van der Waals surface area contributed by atoms with Crippen LogP contribution in [0.1, 0.15) is 67.4 Å². The number of benzene rings is 2. The van der Waals surface area contributed by atoms with Gasteiger partial charge in [-0.15, -0.1) is 0 Å². The van der Waals surface area contributed by atoms with Crippen molar-refractivity contribution in [3.05, 3.63) is 64.5 Å². The van der Waals surface area contributed by atoms with Crippen molar-refractivity contribution in [1.82, 2.24) is 0 Å². The van der Waals surface area contributed by atoms with E-state index in [1.165, 1.54) is 17.7 Å². The molecule has 6 heteroatoms. The van der Waals surface area contributed by atoms with Crippen molar-refractivity contribution in [3.8, 4) is 5.75 Å². The molecule has 0 saturated carbocycles. The second kappa shape index (κ2) is 10.8. The van der Waals surface area contributed by atoms with Crippen LogP contribution >= 0.6 is 0 Å². The SMILES string of the molecule is CCCCOc1ccc(COC2CCC(c3ccc(C)cc3)OC2)c(F)c1C(F)F. The highest BCUT2D eigenvalue weighted by Crippen LogP contribution is 2.34. The molecular formula is C24H29F3O3. The smallest absolute Gasteiger partial charge is 0.270 e. The predicted octanol–water partition coefficient (Wildman–Crippen LogP) is 6.69. The summed E-state index contributed by atoms with van der Waals surface area (Å²) < 4.78 is 58.6. The third-order valence-electron chi connectivity index (χ3n) is 5.35. The zero-order chi connectivity index (χ0) is 21.5. The third kappa shape index (κ3) is 5.76. The van der Waals surface area contributed by atoms with E-state index < -0.39 is 17.8 Å². The van der Waals surface area contributed by atoms with Crippen LogP contribution < -0.4 is 4.74 Å². The van der Waals surface area contributed by atoms with Crippen molar-refractivity contribution in [2.45, 2.75) is 64.8 Å². The molecule has 0 aliphatic carbocycles. The Labute approximate surface area is 176 Å². The van der Waals surface area contributed by atoms with Crippen LogP contribution in [0.25, 0.3) is 0 Å². The summed E-state index contributed by atoms with van der Waals surface area (Å²) in [6.07, 6.45) is 0.0270. The molecule has 164 valence electrons. The number of ether oxygens (including phenoxy) is 3. The number of aryl methyl sites for hydroxylation is 1. The van der Waals surface area contributed by atoms with E-state index in [4.69, 9.17) is 14.2 Å². The Morgan fingerprint density at radius 3 is 2.50 bits per heavy atom. The van der Waals surface area contributed by atoms with Gasteiger partial charge in [0.15, 0.2) is 0 Å². The maximum atomic E-state index is 14.7. The van der Waals surface area contributed by atoms with Gasteiger partial charge in [-0.2, -0.15) is 0 Å². The van der Waals surface area contributed by atoms with E-state index in [9.17, 15) is 13.2 Å². The molecule has 0 spiro atoms. The monoisotopic (exact) mass is 422 g/mol. The van der Waals surface area contributed by atoms with E-state index in [1.54, 1.807) is 0 Å². The Bertz CT molecular complexity index is 800. The van der Waals surface area contributed by atoms with Gasteiger partial charge in [-0.1, -0.05) is 49.2 Å². The zero-order valence-electron chi connectivity index (χ0n) is 17.5. The van der Waals surface area contributed by atoms with Crippen molar-refractivity contribution in [2.24, 2.45) is 0 Å². The van der Waals surface area contributed by atoms with Gasteiger partial charge in [0.1, 0.15) is 11.6 Å². The van der Waals surface area contributed by atoms with E-state index in [0.717, 1.165) is 31.2 Å². The standard InChI is InChI=1S/C24H29F3O3/c1-3-4-13-28-21-11-9-18(23(25)22(21)24(26)27)14-29-19-10-12-20(30-15-19)17-7-5-16(2)6-8-17/h5-9,11,19-20,24H,3-4,10,12-15H2,1-2H3. The first-order chi connectivity index (χ1) is 14.5. The Balaban J connectivity index is 1.56. The molecule has 0 aromatic heterocycles. The molecule has 0 N–H and O–H groups in total. The molecule has 3 nitrogen and oxygen atoms in total. The van der Waals surface area contributed by atoms with Crippen molar-refractivity contribution >= 4 is 0 Å². The van der Waals surface area contributed by atoms with Crippen LogP contribution in [0.4, 0.5) is 13.2 Å². The highest BCUT2D eigenvalue weighted by atomic mass is 19.3. The fourth-order valence-electron chi connectivity index (χ4n) is 3.50. The quantitative estimate of drug-likeness (QED) is 0.422.